The summed E-state index contributed by atoms with van der Waals surface area (Å²) in [6, 6.07) is 0.817. The molecule has 0 aromatic carbocycles. The Morgan fingerprint density at radius 3 is 2.23 bits per heavy atom. The van der Waals surface area contributed by atoms with Gasteiger partial charge in [-0.05, 0) is 44.9 Å². The van der Waals surface area contributed by atoms with E-state index in [1.165, 1.54) is 0 Å². The van der Waals surface area contributed by atoms with Crippen LogP contribution in [-0.4, -0.2) is 61.5 Å². The SMILES string of the molecule is COC(C)(OC)O[Si](C)(CCCN)OCCCCNCCN. The molecule has 5 N–H and O–H groups in total. The largest absolute Gasteiger partial charge is 0.394 e. The van der Waals surface area contributed by atoms with Gasteiger partial charge in [-0.15, -0.1) is 0 Å². The Morgan fingerprint density at radius 2 is 1.68 bits per heavy atom. The van der Waals surface area contributed by atoms with E-state index in [1.807, 2.05) is 6.55 Å². The Kier molecular flexibility index (Phi) is 12.3. The molecule has 0 saturated heterocycles. The third kappa shape index (κ3) is 9.85. The standard InChI is InChI=1S/C14H35N3O4Si/c1-14(18-2,19-3)21-22(4,13-7-8-15)20-12-6-5-10-17-11-9-16/h17H,5-13,15-16H2,1-4H3. The van der Waals surface area contributed by atoms with Crippen molar-refractivity contribution in [2.75, 3.05) is 47.0 Å². The molecule has 0 amide bonds. The number of rotatable bonds is 15. The normalized spacial score (nSPS) is 15.0. The maximum atomic E-state index is 6.09. The molecule has 0 aliphatic rings. The van der Waals surface area contributed by atoms with E-state index in [0.717, 1.165) is 38.4 Å². The van der Waals surface area contributed by atoms with E-state index in [4.69, 9.17) is 29.8 Å². The summed E-state index contributed by atoms with van der Waals surface area (Å²) < 4.78 is 22.7. The van der Waals surface area contributed by atoms with Crippen LogP contribution in [0, 0.1) is 0 Å². The highest BCUT2D eigenvalue weighted by atomic mass is 28.4. The van der Waals surface area contributed by atoms with Crippen molar-refractivity contribution in [2.45, 2.75) is 44.8 Å². The van der Waals surface area contributed by atoms with Gasteiger partial charge in [0.05, 0.1) is 0 Å². The van der Waals surface area contributed by atoms with Gasteiger partial charge < -0.3 is 35.1 Å². The monoisotopic (exact) mass is 337 g/mol. The minimum atomic E-state index is -2.39. The molecule has 0 rings (SSSR count). The van der Waals surface area contributed by atoms with Crippen LogP contribution in [0.25, 0.3) is 0 Å². The molecular formula is C14H35N3O4Si. The third-order valence-electron chi connectivity index (χ3n) is 3.45. The lowest BCUT2D eigenvalue weighted by Crippen LogP contribution is -2.49. The quantitative estimate of drug-likeness (QED) is 0.230. The van der Waals surface area contributed by atoms with Gasteiger partial charge in [-0.1, -0.05) is 0 Å². The van der Waals surface area contributed by atoms with Gasteiger partial charge in [-0.25, -0.2) is 0 Å². The summed E-state index contributed by atoms with van der Waals surface area (Å²) in [4.78, 5) is 0. The first-order valence-corrected chi connectivity index (χ1v) is 10.5. The van der Waals surface area contributed by atoms with Crippen LogP contribution < -0.4 is 16.8 Å². The van der Waals surface area contributed by atoms with E-state index < -0.39 is 14.5 Å². The molecule has 0 saturated carbocycles. The van der Waals surface area contributed by atoms with Crippen LogP contribution in [0.2, 0.25) is 12.6 Å². The lowest BCUT2D eigenvalue weighted by Gasteiger charge is -2.36. The van der Waals surface area contributed by atoms with Crippen molar-refractivity contribution in [1.29, 1.82) is 0 Å². The van der Waals surface area contributed by atoms with Crippen molar-refractivity contribution in [2.24, 2.45) is 11.5 Å². The second-order valence-corrected chi connectivity index (χ2v) is 8.75. The topological polar surface area (TPSA) is 101 Å². The molecule has 0 radical (unpaired) electrons. The predicted molar refractivity (Wildman–Crippen MR) is 90.7 cm³/mol. The van der Waals surface area contributed by atoms with Crippen LogP contribution in [0.3, 0.4) is 0 Å². The van der Waals surface area contributed by atoms with Gasteiger partial charge in [-0.2, -0.15) is 0 Å². The van der Waals surface area contributed by atoms with Gasteiger partial charge in [0.15, 0.2) is 0 Å². The zero-order valence-electron chi connectivity index (χ0n) is 14.7. The molecule has 0 aliphatic heterocycles. The number of methoxy groups -OCH3 is 2. The summed E-state index contributed by atoms with van der Waals surface area (Å²) in [7, 11) is 0.726. The maximum Gasteiger partial charge on any atom is 0.339 e. The predicted octanol–water partition coefficient (Wildman–Crippen LogP) is 0.735. The van der Waals surface area contributed by atoms with Gasteiger partial charge in [0.25, 0.3) is 5.97 Å². The number of nitrogens with one attached hydrogen (secondary N) is 1. The van der Waals surface area contributed by atoms with Crippen molar-refractivity contribution in [3.8, 4) is 0 Å². The summed E-state index contributed by atoms with van der Waals surface area (Å²) in [5.41, 5.74) is 11.0. The summed E-state index contributed by atoms with van der Waals surface area (Å²) in [6.07, 6.45) is 2.89. The molecule has 0 aromatic rings. The van der Waals surface area contributed by atoms with E-state index in [9.17, 15) is 0 Å². The first-order chi connectivity index (χ1) is 10.4. The highest BCUT2D eigenvalue weighted by molar-refractivity contribution is 6.66. The summed E-state index contributed by atoms with van der Waals surface area (Å²) >= 11 is 0. The summed E-state index contributed by atoms with van der Waals surface area (Å²) in [5.74, 6) is -1.07. The molecule has 22 heavy (non-hydrogen) atoms. The minimum Gasteiger partial charge on any atom is -0.394 e. The number of hydrogen-bond donors (Lipinski definition) is 3. The zero-order valence-corrected chi connectivity index (χ0v) is 15.7. The number of nitrogens with two attached hydrogens (primary N) is 2. The van der Waals surface area contributed by atoms with E-state index in [-0.39, 0.29) is 0 Å². The number of hydrogen-bond acceptors (Lipinski definition) is 7. The fourth-order valence-electron chi connectivity index (χ4n) is 2.00. The molecule has 0 spiro atoms. The van der Waals surface area contributed by atoms with Gasteiger partial charge >= 0.3 is 8.56 Å². The highest BCUT2D eigenvalue weighted by Gasteiger charge is 2.40. The Labute approximate surface area is 136 Å². The van der Waals surface area contributed by atoms with Crippen molar-refractivity contribution in [3.63, 3.8) is 0 Å². The van der Waals surface area contributed by atoms with Crippen LogP contribution in [-0.2, 0) is 18.3 Å². The molecule has 0 aliphatic carbocycles. The molecule has 1 unspecified atom stereocenters. The average molecular weight is 338 g/mol. The highest BCUT2D eigenvalue weighted by Crippen LogP contribution is 2.25. The van der Waals surface area contributed by atoms with Crippen molar-refractivity contribution < 1.29 is 18.3 Å². The van der Waals surface area contributed by atoms with E-state index in [2.05, 4.69) is 5.32 Å². The molecule has 7 nitrogen and oxygen atoms in total. The summed E-state index contributed by atoms with van der Waals surface area (Å²) in [5, 5.41) is 3.27. The van der Waals surface area contributed by atoms with E-state index in [0.29, 0.717) is 19.7 Å². The smallest absolute Gasteiger partial charge is 0.339 e. The second-order valence-electron chi connectivity index (χ2n) is 5.49. The zero-order chi connectivity index (χ0) is 16.9. The molecular weight excluding hydrogens is 302 g/mol. The molecule has 8 heteroatoms. The second kappa shape index (κ2) is 12.4. The van der Waals surface area contributed by atoms with Crippen LogP contribution in [0.4, 0.5) is 0 Å². The van der Waals surface area contributed by atoms with Crippen molar-refractivity contribution in [3.05, 3.63) is 0 Å². The lowest BCUT2D eigenvalue weighted by atomic mass is 10.3. The fourth-order valence-corrected chi connectivity index (χ4v) is 4.68. The summed E-state index contributed by atoms with van der Waals surface area (Å²) in [6.45, 7) is 7.55. The average Bonchev–Trinajstić information content (AvgIpc) is 2.52. The molecule has 0 bridgehead atoms. The van der Waals surface area contributed by atoms with Gasteiger partial charge in [0, 0.05) is 40.8 Å². The molecule has 0 heterocycles. The first-order valence-electron chi connectivity index (χ1n) is 8.00. The molecule has 1 atom stereocenters. The van der Waals surface area contributed by atoms with Crippen molar-refractivity contribution in [1.82, 2.24) is 5.32 Å². The fraction of sp³-hybridized carbons (Fsp3) is 1.00. The van der Waals surface area contributed by atoms with Crippen LogP contribution >= 0.6 is 0 Å². The Bertz CT molecular complexity index is 270. The van der Waals surface area contributed by atoms with Crippen LogP contribution in [0.1, 0.15) is 26.2 Å². The van der Waals surface area contributed by atoms with Gasteiger partial charge in [0.1, 0.15) is 0 Å². The van der Waals surface area contributed by atoms with Crippen LogP contribution in [0.5, 0.6) is 0 Å². The molecule has 0 fully saturated rings. The minimum absolute atomic E-state index is 0.620. The lowest BCUT2D eigenvalue weighted by molar-refractivity contribution is -0.320. The maximum absolute atomic E-state index is 6.09. The Hall–Kier alpha value is -0.0631. The Morgan fingerprint density at radius 1 is 1.00 bits per heavy atom. The first kappa shape index (κ1) is 21.9. The van der Waals surface area contributed by atoms with E-state index in [1.54, 1.807) is 21.1 Å². The van der Waals surface area contributed by atoms with Gasteiger partial charge in [-0.3, -0.25) is 0 Å². The third-order valence-corrected chi connectivity index (χ3v) is 6.33. The van der Waals surface area contributed by atoms with Crippen LogP contribution in [0.15, 0.2) is 0 Å². The van der Waals surface area contributed by atoms with E-state index >= 15 is 0 Å². The van der Waals surface area contributed by atoms with Crippen molar-refractivity contribution >= 4 is 8.56 Å². The molecule has 134 valence electrons. The number of ether oxygens (including phenoxy) is 2. The number of unbranched alkanes of at least 4 members (excludes halogenated alkanes) is 1. The van der Waals surface area contributed by atoms with Gasteiger partial charge in [0.2, 0.25) is 0 Å². The Balaban J connectivity index is 4.25. The molecule has 0 aromatic heterocycles.